The van der Waals surface area contributed by atoms with E-state index in [1.165, 1.54) is 63.2 Å². The normalized spacial score (nSPS) is 17.2. The number of likely N-dealkylation sites (tertiary alicyclic amines) is 1. The molecule has 4 aliphatic rings. The van der Waals surface area contributed by atoms with Crippen molar-refractivity contribution in [3.8, 4) is 12.1 Å². The first-order valence-corrected chi connectivity index (χ1v) is 22.0. The average molecular weight is 1060 g/mol. The van der Waals surface area contributed by atoms with Crippen LogP contribution in [0.3, 0.4) is 0 Å². The molecule has 75 heavy (non-hydrogen) atoms. The highest BCUT2D eigenvalue weighted by Gasteiger charge is 2.62. The van der Waals surface area contributed by atoms with E-state index in [4.69, 9.17) is 20.1 Å². The molecule has 4 fully saturated rings. The first-order valence-electron chi connectivity index (χ1n) is 22.0. The predicted molar refractivity (Wildman–Crippen MR) is 239 cm³/mol. The maximum Gasteiger partial charge on any atom is 0.446 e. The fraction of sp³-hybridized carbons (Fsp3) is 0.347. The fourth-order valence-electron chi connectivity index (χ4n) is 8.27. The number of anilines is 2. The minimum Gasteiger partial charge on any atom is -0.444 e. The van der Waals surface area contributed by atoms with Gasteiger partial charge in [0.15, 0.2) is 5.54 Å². The van der Waals surface area contributed by atoms with Gasteiger partial charge in [0.05, 0.1) is 58.9 Å². The van der Waals surface area contributed by atoms with E-state index in [1.54, 1.807) is 32.9 Å². The minimum absolute atomic E-state index is 0.0282. The van der Waals surface area contributed by atoms with Gasteiger partial charge in [0.25, 0.3) is 11.8 Å². The van der Waals surface area contributed by atoms with Crippen LogP contribution in [0.2, 0.25) is 0 Å². The van der Waals surface area contributed by atoms with E-state index in [2.05, 4.69) is 5.32 Å². The number of ether oxygens (including phenoxy) is 1. The lowest BCUT2D eigenvalue weighted by atomic mass is 9.83. The molecule has 2 spiro atoms. The Labute approximate surface area is 419 Å². The van der Waals surface area contributed by atoms with E-state index in [1.807, 2.05) is 0 Å². The van der Waals surface area contributed by atoms with Crippen molar-refractivity contribution in [3.05, 3.63) is 130 Å². The summed E-state index contributed by atoms with van der Waals surface area (Å²) >= 11 is 0. The zero-order valence-electron chi connectivity index (χ0n) is 39.5. The van der Waals surface area contributed by atoms with E-state index in [0.29, 0.717) is 11.1 Å². The van der Waals surface area contributed by atoms with Crippen LogP contribution in [0.5, 0.6) is 0 Å². The lowest BCUT2D eigenvalue weighted by Gasteiger charge is -2.57. The highest BCUT2D eigenvalue weighted by molar-refractivity contribution is 6.11. The van der Waals surface area contributed by atoms with Crippen molar-refractivity contribution < 1.29 is 81.8 Å². The number of alkyl halides is 9. The van der Waals surface area contributed by atoms with Crippen LogP contribution in [0.25, 0.3) is 0 Å². The molecule has 0 unspecified atom stereocenters. The van der Waals surface area contributed by atoms with Gasteiger partial charge in [-0.2, -0.15) is 50.0 Å². The van der Waals surface area contributed by atoms with Crippen LogP contribution in [0.15, 0.2) is 84.9 Å². The van der Waals surface area contributed by atoms with Gasteiger partial charge in [0, 0.05) is 26.2 Å². The second-order valence-electron chi connectivity index (χ2n) is 18.4. The molecular formula is C49H41F11N8O7. The van der Waals surface area contributed by atoms with Crippen LogP contribution in [0.4, 0.5) is 64.5 Å². The number of carbonyl (C=O) groups excluding carboxylic acids is 6. The number of benzene rings is 4. The molecule has 396 valence electrons. The molecule has 5 amide bonds. The van der Waals surface area contributed by atoms with E-state index in [-0.39, 0.29) is 61.8 Å². The van der Waals surface area contributed by atoms with E-state index in [9.17, 15) is 72.3 Å². The topological polar surface area (TPSA) is 187 Å². The summed E-state index contributed by atoms with van der Waals surface area (Å²) in [4.78, 5) is 80.5. The Bertz CT molecular complexity index is 2950. The van der Waals surface area contributed by atoms with Gasteiger partial charge in [-0.05, 0) is 92.6 Å². The molecule has 0 aromatic heterocycles. The van der Waals surface area contributed by atoms with Crippen molar-refractivity contribution in [3.63, 3.8) is 0 Å². The second-order valence-corrected chi connectivity index (χ2v) is 18.4. The number of rotatable bonds is 6. The number of amides is 5. The van der Waals surface area contributed by atoms with Gasteiger partial charge in [-0.1, -0.05) is 24.3 Å². The van der Waals surface area contributed by atoms with Crippen molar-refractivity contribution in [1.82, 2.24) is 20.0 Å². The maximum absolute atomic E-state index is 14.8. The van der Waals surface area contributed by atoms with E-state index < -0.39 is 107 Å². The van der Waals surface area contributed by atoms with Crippen LogP contribution < -0.4 is 15.1 Å². The highest BCUT2D eigenvalue weighted by Crippen LogP contribution is 2.40. The highest BCUT2D eigenvalue weighted by atomic mass is 19.4. The number of hydrogen-bond acceptors (Lipinski definition) is 10. The summed E-state index contributed by atoms with van der Waals surface area (Å²) in [6, 6.07) is 19.3. The molecule has 0 atom stereocenters. The van der Waals surface area contributed by atoms with Crippen LogP contribution in [0, 0.1) is 34.3 Å². The minimum atomic E-state index is -4.64. The molecule has 26 heteroatoms. The fourth-order valence-corrected chi connectivity index (χ4v) is 8.27. The zero-order chi connectivity index (χ0) is 55.6. The summed E-state index contributed by atoms with van der Waals surface area (Å²) in [6.07, 6.45) is -15.4. The molecule has 0 bridgehead atoms. The monoisotopic (exact) mass is 1060 g/mol. The van der Waals surface area contributed by atoms with Crippen molar-refractivity contribution in [1.29, 1.82) is 10.5 Å². The number of nitrogens with zero attached hydrogens (tertiary/aromatic N) is 7. The quantitative estimate of drug-likeness (QED) is 0.152. The van der Waals surface area contributed by atoms with Crippen LogP contribution >= 0.6 is 0 Å². The Kier molecular flexibility index (Phi) is 15.7. The Morgan fingerprint density at radius 1 is 0.640 bits per heavy atom. The Hall–Kier alpha value is -8.13. The second kappa shape index (κ2) is 21.0. The predicted octanol–water partition coefficient (Wildman–Crippen LogP) is 7.26. The van der Waals surface area contributed by atoms with Crippen LogP contribution in [0.1, 0.15) is 54.2 Å². The van der Waals surface area contributed by atoms with E-state index >= 15 is 0 Å². The van der Waals surface area contributed by atoms with Crippen molar-refractivity contribution >= 4 is 47.4 Å². The third kappa shape index (κ3) is 12.3. The summed E-state index contributed by atoms with van der Waals surface area (Å²) in [6.45, 7) is 3.61. The Morgan fingerprint density at radius 3 is 1.32 bits per heavy atom. The molecular weight excluding hydrogens is 1020 g/mol. The summed E-state index contributed by atoms with van der Waals surface area (Å²) in [7, 11) is 0. The molecule has 4 aromatic rings. The van der Waals surface area contributed by atoms with Gasteiger partial charge in [-0.3, -0.25) is 33.8 Å². The average Bonchev–Trinajstić information content (AvgIpc) is 3.29. The maximum atomic E-state index is 14.8. The van der Waals surface area contributed by atoms with Crippen LogP contribution in [-0.4, -0.2) is 113 Å². The summed E-state index contributed by atoms with van der Waals surface area (Å²) < 4.78 is 143. The first kappa shape index (κ1) is 56.2. The lowest BCUT2D eigenvalue weighted by Crippen LogP contribution is -2.81. The molecule has 0 saturated carbocycles. The molecule has 4 saturated heterocycles. The number of nitriles is 2. The molecule has 0 aliphatic carbocycles. The Morgan fingerprint density at radius 2 is 1.01 bits per heavy atom. The van der Waals surface area contributed by atoms with Gasteiger partial charge in [0.1, 0.15) is 35.9 Å². The van der Waals surface area contributed by atoms with Gasteiger partial charge in [0.2, 0.25) is 18.1 Å². The van der Waals surface area contributed by atoms with Gasteiger partial charge < -0.3 is 24.8 Å². The number of carbonyl (C=O) groups is 6. The van der Waals surface area contributed by atoms with Crippen molar-refractivity contribution in [2.24, 2.45) is 0 Å². The van der Waals surface area contributed by atoms with Crippen molar-refractivity contribution in [2.45, 2.75) is 69.1 Å². The summed E-state index contributed by atoms with van der Waals surface area (Å²) in [5, 5.41) is 20.9. The largest absolute Gasteiger partial charge is 0.446 e. The Balaban J connectivity index is 0.000000223. The first-order chi connectivity index (χ1) is 34.9. The summed E-state index contributed by atoms with van der Waals surface area (Å²) in [5.41, 5.74) is -4.73. The van der Waals surface area contributed by atoms with Crippen molar-refractivity contribution in [2.75, 3.05) is 49.1 Å². The van der Waals surface area contributed by atoms with Gasteiger partial charge in [-0.15, -0.1) is 0 Å². The van der Waals surface area contributed by atoms with Gasteiger partial charge in [-0.25, -0.2) is 13.6 Å². The number of halogens is 11. The number of aldehydes is 1. The standard InChI is InChI=1S/C26H24F4N4O4.C21H16F4N4O2.C2HF3O/c1-24(2,3)38-23(37)32-14-25(15-32)22(36)33(20-9-6-17(11-31)10-19(20)27)13-21(35)34(25)12-16-4-7-18(8-5-16)26(28,29)30;22-16-7-14(8-26)3-6-17(16)28-10-18(30)29(20(19(28)31)11-27-12-20)9-13-1-4-15(5-2-13)21(23,24)25;3-2(4,5)1-6/h4-10H,12-15H2,1-3H3;1-7,27H,9-12H2;1H. The number of nitrogens with one attached hydrogen (secondary N) is 1. The lowest BCUT2D eigenvalue weighted by molar-refractivity contribution is -0.163. The third-order valence-electron chi connectivity index (χ3n) is 12.0. The van der Waals surface area contributed by atoms with Gasteiger partial charge >= 0.3 is 24.6 Å². The van der Waals surface area contributed by atoms with E-state index in [0.717, 1.165) is 46.2 Å². The third-order valence-corrected chi connectivity index (χ3v) is 12.0. The smallest absolute Gasteiger partial charge is 0.444 e. The molecule has 15 nitrogen and oxygen atoms in total. The molecule has 4 heterocycles. The molecule has 1 N–H and O–H groups in total. The SMILES string of the molecule is CC(C)(C)OC(=O)N1CC2(C1)C(=O)N(c1ccc(C#N)cc1F)CC(=O)N2Cc1ccc(C(F)(F)F)cc1.N#Cc1ccc(N2CC(=O)N(Cc3ccc(C(F)(F)F)cc3)C3(CNC3)C2=O)c(F)c1.O=CC(F)(F)F. The molecule has 8 rings (SSSR count). The summed E-state index contributed by atoms with van der Waals surface area (Å²) in [5.74, 6) is -3.85. The zero-order valence-corrected chi connectivity index (χ0v) is 39.5. The molecule has 4 aliphatic heterocycles. The molecule has 0 radical (unpaired) electrons. The van der Waals surface area contributed by atoms with Crippen LogP contribution in [-0.2, 0) is 54.2 Å². The number of piperazine rings is 2. The number of hydrogen-bond donors (Lipinski definition) is 1. The molecule has 4 aromatic carbocycles.